The van der Waals surface area contributed by atoms with Gasteiger partial charge in [-0.15, -0.1) is 0 Å². The van der Waals surface area contributed by atoms with E-state index < -0.39 is 0 Å². The van der Waals surface area contributed by atoms with Crippen LogP contribution in [0.3, 0.4) is 0 Å². The summed E-state index contributed by atoms with van der Waals surface area (Å²) in [6.07, 6.45) is 0.890. The molecule has 0 aliphatic rings. The molecule has 0 spiro atoms. The molecule has 1 rings (SSSR count). The van der Waals surface area contributed by atoms with E-state index in [0.717, 1.165) is 22.3 Å². The zero-order valence-electron chi connectivity index (χ0n) is 11.8. The highest BCUT2D eigenvalue weighted by atomic mass is 79.9. The first-order valence-corrected chi connectivity index (χ1v) is 7.05. The third kappa shape index (κ3) is 5.11. The minimum atomic E-state index is -0.176. The highest BCUT2D eigenvalue weighted by Gasteiger charge is 2.17. The van der Waals surface area contributed by atoms with Gasteiger partial charge in [-0.2, -0.15) is 0 Å². The molecule has 1 amide bonds. The smallest absolute Gasteiger partial charge is 0.239 e. The molecule has 0 fully saturated rings. The molecular weight excluding hydrogens is 308 g/mol. The minimum absolute atomic E-state index is 0.0263. The fourth-order valence-electron chi connectivity index (χ4n) is 1.45. The number of halogens is 1. The number of carbonyl (C=O) groups excluding carboxylic acids is 1. The van der Waals surface area contributed by atoms with Gasteiger partial charge in [0.2, 0.25) is 5.91 Å². The quantitative estimate of drug-likeness (QED) is 0.843. The Morgan fingerprint density at radius 3 is 2.68 bits per heavy atom. The SMILES string of the molecule is CCC(C)(C)NC(=O)CNc1cc(OC)ccc1Br. The van der Waals surface area contributed by atoms with Gasteiger partial charge in [-0.3, -0.25) is 4.79 Å². The van der Waals surface area contributed by atoms with Gasteiger partial charge < -0.3 is 15.4 Å². The summed E-state index contributed by atoms with van der Waals surface area (Å²) in [4.78, 5) is 11.8. The molecule has 2 N–H and O–H groups in total. The van der Waals surface area contributed by atoms with Gasteiger partial charge >= 0.3 is 0 Å². The predicted molar refractivity (Wildman–Crippen MR) is 81.7 cm³/mol. The van der Waals surface area contributed by atoms with Crippen LogP contribution in [0.1, 0.15) is 27.2 Å². The van der Waals surface area contributed by atoms with Crippen LogP contribution < -0.4 is 15.4 Å². The van der Waals surface area contributed by atoms with E-state index in [9.17, 15) is 4.79 Å². The molecule has 0 aliphatic heterocycles. The van der Waals surface area contributed by atoms with Crippen molar-refractivity contribution in [2.75, 3.05) is 19.0 Å². The normalized spacial score (nSPS) is 11.0. The Morgan fingerprint density at radius 2 is 2.11 bits per heavy atom. The molecule has 0 heterocycles. The van der Waals surface area contributed by atoms with Crippen LogP contribution in [0.25, 0.3) is 0 Å². The molecule has 19 heavy (non-hydrogen) atoms. The van der Waals surface area contributed by atoms with Gasteiger partial charge in [0.15, 0.2) is 0 Å². The van der Waals surface area contributed by atoms with Crippen LogP contribution in [0.4, 0.5) is 5.69 Å². The van der Waals surface area contributed by atoms with Gasteiger partial charge in [0, 0.05) is 16.1 Å². The molecular formula is C14H21BrN2O2. The van der Waals surface area contributed by atoms with E-state index in [0.29, 0.717) is 0 Å². The third-order valence-electron chi connectivity index (χ3n) is 2.97. The molecule has 0 aliphatic carbocycles. The van der Waals surface area contributed by atoms with Gasteiger partial charge in [0.1, 0.15) is 5.75 Å². The van der Waals surface area contributed by atoms with Gasteiger partial charge in [-0.25, -0.2) is 0 Å². The molecule has 106 valence electrons. The van der Waals surface area contributed by atoms with E-state index in [4.69, 9.17) is 4.74 Å². The lowest BCUT2D eigenvalue weighted by Crippen LogP contribution is -2.45. The molecule has 1 aromatic rings. The van der Waals surface area contributed by atoms with Crippen molar-refractivity contribution in [2.24, 2.45) is 0 Å². The summed E-state index contributed by atoms with van der Waals surface area (Å²) in [5.41, 5.74) is 0.661. The van der Waals surface area contributed by atoms with Crippen molar-refractivity contribution in [3.8, 4) is 5.75 Å². The van der Waals surface area contributed by atoms with E-state index in [1.54, 1.807) is 7.11 Å². The number of carbonyl (C=O) groups is 1. The summed E-state index contributed by atoms with van der Waals surface area (Å²) >= 11 is 3.44. The molecule has 4 nitrogen and oxygen atoms in total. The highest BCUT2D eigenvalue weighted by Crippen LogP contribution is 2.26. The molecule has 0 saturated carbocycles. The lowest BCUT2D eigenvalue weighted by Gasteiger charge is -2.24. The number of anilines is 1. The third-order valence-corrected chi connectivity index (χ3v) is 3.67. The Balaban J connectivity index is 2.59. The zero-order chi connectivity index (χ0) is 14.5. The second kappa shape index (κ2) is 6.80. The van der Waals surface area contributed by atoms with Gasteiger partial charge in [-0.05, 0) is 48.3 Å². The molecule has 0 radical (unpaired) electrons. The first kappa shape index (κ1) is 15.8. The fraction of sp³-hybridized carbons (Fsp3) is 0.500. The Labute approximate surface area is 123 Å². The fourth-order valence-corrected chi connectivity index (χ4v) is 1.84. The topological polar surface area (TPSA) is 50.4 Å². The van der Waals surface area contributed by atoms with Crippen LogP contribution in [0, 0.1) is 0 Å². The summed E-state index contributed by atoms with van der Waals surface area (Å²) < 4.78 is 6.05. The summed E-state index contributed by atoms with van der Waals surface area (Å²) in [5, 5.41) is 6.07. The van der Waals surface area contributed by atoms with Gasteiger partial charge in [0.25, 0.3) is 0 Å². The van der Waals surface area contributed by atoms with Crippen molar-refractivity contribution in [1.29, 1.82) is 0 Å². The maximum Gasteiger partial charge on any atom is 0.239 e. The zero-order valence-corrected chi connectivity index (χ0v) is 13.4. The second-order valence-electron chi connectivity index (χ2n) is 4.98. The minimum Gasteiger partial charge on any atom is -0.497 e. The standard InChI is InChI=1S/C14H21BrN2O2/c1-5-14(2,3)17-13(18)9-16-12-8-10(19-4)6-7-11(12)15/h6-8,16H,5,9H2,1-4H3,(H,17,18). The van der Waals surface area contributed by atoms with Crippen molar-refractivity contribution in [1.82, 2.24) is 5.32 Å². The summed E-state index contributed by atoms with van der Waals surface area (Å²) in [6, 6.07) is 5.59. The Kier molecular flexibility index (Phi) is 5.66. The number of nitrogens with one attached hydrogen (secondary N) is 2. The largest absolute Gasteiger partial charge is 0.497 e. The van der Waals surface area contributed by atoms with Crippen molar-refractivity contribution in [2.45, 2.75) is 32.7 Å². The van der Waals surface area contributed by atoms with Gasteiger partial charge in [-0.1, -0.05) is 6.92 Å². The molecule has 1 aromatic carbocycles. The Hall–Kier alpha value is -1.23. The van der Waals surface area contributed by atoms with Crippen molar-refractivity contribution in [3.05, 3.63) is 22.7 Å². The summed E-state index contributed by atoms with van der Waals surface area (Å²) in [5.74, 6) is 0.724. The van der Waals surface area contributed by atoms with Crippen molar-refractivity contribution >= 4 is 27.5 Å². The molecule has 0 aromatic heterocycles. The lowest BCUT2D eigenvalue weighted by molar-refractivity contribution is -0.121. The van der Waals surface area contributed by atoms with Crippen molar-refractivity contribution < 1.29 is 9.53 Å². The lowest BCUT2D eigenvalue weighted by atomic mass is 10.0. The number of hydrogen-bond acceptors (Lipinski definition) is 3. The second-order valence-corrected chi connectivity index (χ2v) is 5.84. The monoisotopic (exact) mass is 328 g/mol. The van der Waals surface area contributed by atoms with Crippen LogP contribution in [0.2, 0.25) is 0 Å². The maximum atomic E-state index is 11.8. The van der Waals surface area contributed by atoms with Gasteiger partial charge in [0.05, 0.1) is 19.3 Å². The van der Waals surface area contributed by atoms with Crippen molar-refractivity contribution in [3.63, 3.8) is 0 Å². The first-order valence-electron chi connectivity index (χ1n) is 6.26. The Bertz CT molecular complexity index is 447. The number of hydrogen-bond donors (Lipinski definition) is 2. The van der Waals surface area contributed by atoms with E-state index >= 15 is 0 Å². The molecule has 0 saturated heterocycles. The molecule has 0 unspecified atom stereocenters. The number of rotatable bonds is 6. The first-order chi connectivity index (χ1) is 8.88. The number of ether oxygens (including phenoxy) is 1. The van der Waals surface area contributed by atoms with Crippen LogP contribution in [0.5, 0.6) is 5.75 Å². The molecule has 0 bridgehead atoms. The van der Waals surface area contributed by atoms with E-state index in [1.807, 2.05) is 39.0 Å². The van der Waals surface area contributed by atoms with E-state index in [1.165, 1.54) is 0 Å². The van der Waals surface area contributed by atoms with Crippen LogP contribution in [-0.4, -0.2) is 25.1 Å². The van der Waals surface area contributed by atoms with Crippen LogP contribution in [-0.2, 0) is 4.79 Å². The highest BCUT2D eigenvalue weighted by molar-refractivity contribution is 9.10. The summed E-state index contributed by atoms with van der Waals surface area (Å²) in [6.45, 7) is 6.29. The number of amides is 1. The maximum absolute atomic E-state index is 11.8. The predicted octanol–water partition coefficient (Wildman–Crippen LogP) is 3.17. The number of methoxy groups -OCH3 is 1. The van der Waals surface area contributed by atoms with E-state index in [-0.39, 0.29) is 18.0 Å². The van der Waals surface area contributed by atoms with E-state index in [2.05, 4.69) is 26.6 Å². The van der Waals surface area contributed by atoms with Crippen LogP contribution in [0.15, 0.2) is 22.7 Å². The number of benzene rings is 1. The van der Waals surface area contributed by atoms with Crippen LogP contribution >= 0.6 is 15.9 Å². The average molecular weight is 329 g/mol. The molecule has 0 atom stereocenters. The average Bonchev–Trinajstić information content (AvgIpc) is 2.37. The molecule has 5 heteroatoms. The Morgan fingerprint density at radius 1 is 1.42 bits per heavy atom. The summed E-state index contributed by atoms with van der Waals surface area (Å²) in [7, 11) is 1.61.